The van der Waals surface area contributed by atoms with Crippen LogP contribution >= 0.6 is 0 Å². The quantitative estimate of drug-likeness (QED) is 0.760. The van der Waals surface area contributed by atoms with Gasteiger partial charge in [-0.05, 0) is 55.4 Å². The second-order valence-corrected chi connectivity index (χ2v) is 6.15. The molecule has 18 heavy (non-hydrogen) atoms. The molecule has 0 amide bonds. The Morgan fingerprint density at radius 1 is 0.778 bits per heavy atom. The molecule has 4 heteroatoms. The number of rotatable bonds is 1. The number of aliphatic hydroxyl groups is 2. The van der Waals surface area contributed by atoms with Crippen molar-refractivity contribution in [2.75, 3.05) is 0 Å². The van der Waals surface area contributed by atoms with Crippen molar-refractivity contribution >= 4 is 0 Å². The van der Waals surface area contributed by atoms with E-state index in [-0.39, 0.29) is 23.4 Å². The van der Waals surface area contributed by atoms with Crippen LogP contribution in [-0.4, -0.2) is 45.8 Å². The number of ether oxygens (including phenoxy) is 2. The lowest BCUT2D eigenvalue weighted by Crippen LogP contribution is -2.59. The Hall–Kier alpha value is -0.160. The molecule has 0 aromatic carbocycles. The maximum atomic E-state index is 8.38. The first-order valence-corrected chi connectivity index (χ1v) is 6.62. The summed E-state index contributed by atoms with van der Waals surface area (Å²) in [7, 11) is 0. The van der Waals surface area contributed by atoms with Crippen LogP contribution in [0.1, 0.15) is 55.4 Å². The summed E-state index contributed by atoms with van der Waals surface area (Å²) < 4.78 is 11.8. The van der Waals surface area contributed by atoms with Crippen LogP contribution in [0.15, 0.2) is 0 Å². The average Bonchev–Trinajstić information content (AvgIpc) is 2.14. The Bertz CT molecular complexity index is 220. The van der Waals surface area contributed by atoms with Gasteiger partial charge in [-0.3, -0.25) is 0 Å². The van der Waals surface area contributed by atoms with Gasteiger partial charge in [0, 0.05) is 0 Å². The predicted octanol–water partition coefficient (Wildman–Crippen LogP) is 2.12. The molecule has 1 unspecified atom stereocenters. The van der Waals surface area contributed by atoms with Gasteiger partial charge in [0.05, 0.1) is 35.6 Å². The molecule has 0 aliphatic carbocycles. The summed E-state index contributed by atoms with van der Waals surface area (Å²) in [5, 5.41) is 16.8. The molecular formula is C14H30O4. The van der Waals surface area contributed by atoms with Crippen molar-refractivity contribution in [3.8, 4) is 0 Å². The molecular weight excluding hydrogens is 232 g/mol. The molecule has 0 bridgehead atoms. The SMILES string of the molecule is CC(O)[C@H](C)O.C[C@@H]1OC(C)(C)C(C)(C)O[C@@H]1C. The molecule has 0 saturated carbocycles. The Balaban J connectivity index is 0.000000411. The highest BCUT2D eigenvalue weighted by atomic mass is 16.6. The van der Waals surface area contributed by atoms with Gasteiger partial charge in [0.2, 0.25) is 0 Å². The Labute approximate surface area is 111 Å². The van der Waals surface area contributed by atoms with Gasteiger partial charge < -0.3 is 19.7 Å². The maximum Gasteiger partial charge on any atom is 0.0914 e. The molecule has 0 spiro atoms. The van der Waals surface area contributed by atoms with Crippen LogP contribution in [0.4, 0.5) is 0 Å². The normalized spacial score (nSPS) is 33.0. The van der Waals surface area contributed by atoms with E-state index in [1.165, 1.54) is 0 Å². The summed E-state index contributed by atoms with van der Waals surface area (Å²) in [6, 6.07) is 0. The lowest BCUT2D eigenvalue weighted by atomic mass is 9.87. The van der Waals surface area contributed by atoms with Crippen LogP contribution in [0.3, 0.4) is 0 Å². The molecule has 1 aliphatic rings. The zero-order valence-electron chi connectivity index (χ0n) is 13.0. The van der Waals surface area contributed by atoms with Gasteiger partial charge in [-0.2, -0.15) is 0 Å². The zero-order valence-corrected chi connectivity index (χ0v) is 13.0. The average molecular weight is 262 g/mol. The Morgan fingerprint density at radius 2 is 1.00 bits per heavy atom. The highest BCUT2D eigenvalue weighted by Crippen LogP contribution is 2.36. The van der Waals surface area contributed by atoms with E-state index < -0.39 is 12.2 Å². The third kappa shape index (κ3) is 4.84. The molecule has 110 valence electrons. The van der Waals surface area contributed by atoms with Crippen LogP contribution in [0.2, 0.25) is 0 Å². The fourth-order valence-corrected chi connectivity index (χ4v) is 1.40. The van der Waals surface area contributed by atoms with Crippen molar-refractivity contribution in [1.29, 1.82) is 0 Å². The first-order chi connectivity index (χ1) is 7.90. The molecule has 1 heterocycles. The fraction of sp³-hybridized carbons (Fsp3) is 1.00. The van der Waals surface area contributed by atoms with Crippen LogP contribution in [0.25, 0.3) is 0 Å². The maximum absolute atomic E-state index is 8.38. The molecule has 2 N–H and O–H groups in total. The van der Waals surface area contributed by atoms with Crippen molar-refractivity contribution in [1.82, 2.24) is 0 Å². The van der Waals surface area contributed by atoms with Crippen LogP contribution in [0.5, 0.6) is 0 Å². The molecule has 1 saturated heterocycles. The highest BCUT2D eigenvalue weighted by Gasteiger charge is 2.46. The van der Waals surface area contributed by atoms with Crippen molar-refractivity contribution in [2.45, 2.75) is 91.0 Å². The molecule has 1 fully saturated rings. The van der Waals surface area contributed by atoms with E-state index in [9.17, 15) is 0 Å². The minimum atomic E-state index is -0.593. The van der Waals surface area contributed by atoms with Crippen molar-refractivity contribution in [3.63, 3.8) is 0 Å². The summed E-state index contributed by atoms with van der Waals surface area (Å²) >= 11 is 0. The van der Waals surface area contributed by atoms with Gasteiger partial charge in [-0.15, -0.1) is 0 Å². The number of hydrogen-bond donors (Lipinski definition) is 2. The first kappa shape index (κ1) is 17.8. The molecule has 1 aliphatic heterocycles. The van der Waals surface area contributed by atoms with E-state index in [1.807, 2.05) is 0 Å². The lowest BCUT2D eigenvalue weighted by Gasteiger charge is -2.50. The molecule has 1 rings (SSSR count). The minimum Gasteiger partial charge on any atom is -0.391 e. The van der Waals surface area contributed by atoms with E-state index in [2.05, 4.69) is 41.5 Å². The summed E-state index contributed by atoms with van der Waals surface area (Å²) in [4.78, 5) is 0. The van der Waals surface area contributed by atoms with Crippen molar-refractivity contribution in [3.05, 3.63) is 0 Å². The van der Waals surface area contributed by atoms with Crippen LogP contribution in [-0.2, 0) is 9.47 Å². The predicted molar refractivity (Wildman–Crippen MR) is 72.6 cm³/mol. The summed E-state index contributed by atoms with van der Waals surface area (Å²) in [6.07, 6.45) is -0.809. The van der Waals surface area contributed by atoms with Gasteiger partial charge in [0.15, 0.2) is 0 Å². The first-order valence-electron chi connectivity index (χ1n) is 6.62. The van der Waals surface area contributed by atoms with Crippen molar-refractivity contribution in [2.24, 2.45) is 0 Å². The largest absolute Gasteiger partial charge is 0.391 e. The van der Waals surface area contributed by atoms with Gasteiger partial charge >= 0.3 is 0 Å². The topological polar surface area (TPSA) is 58.9 Å². The van der Waals surface area contributed by atoms with Crippen molar-refractivity contribution < 1.29 is 19.7 Å². The van der Waals surface area contributed by atoms with Crippen LogP contribution < -0.4 is 0 Å². The zero-order chi connectivity index (χ0) is 14.7. The summed E-state index contributed by atoms with van der Waals surface area (Å²) in [5.41, 5.74) is -0.391. The van der Waals surface area contributed by atoms with Gasteiger partial charge in [-0.1, -0.05) is 0 Å². The fourth-order valence-electron chi connectivity index (χ4n) is 1.40. The molecule has 4 atom stereocenters. The molecule has 0 aromatic rings. The van der Waals surface area contributed by atoms with E-state index in [4.69, 9.17) is 19.7 Å². The van der Waals surface area contributed by atoms with Gasteiger partial charge in [0.25, 0.3) is 0 Å². The van der Waals surface area contributed by atoms with E-state index in [0.717, 1.165) is 0 Å². The smallest absolute Gasteiger partial charge is 0.0914 e. The summed E-state index contributed by atoms with van der Waals surface area (Å²) in [5.74, 6) is 0. The molecule has 0 radical (unpaired) electrons. The second kappa shape index (κ2) is 6.33. The molecule has 4 nitrogen and oxygen atoms in total. The van der Waals surface area contributed by atoms with E-state index in [0.29, 0.717) is 0 Å². The third-order valence-electron chi connectivity index (χ3n) is 3.77. The van der Waals surface area contributed by atoms with Gasteiger partial charge in [0.1, 0.15) is 0 Å². The minimum absolute atomic E-state index is 0.188. The Morgan fingerprint density at radius 3 is 1.17 bits per heavy atom. The number of hydrogen-bond acceptors (Lipinski definition) is 4. The van der Waals surface area contributed by atoms with Gasteiger partial charge in [-0.25, -0.2) is 0 Å². The monoisotopic (exact) mass is 262 g/mol. The Kier molecular flexibility index (Phi) is 6.27. The lowest BCUT2D eigenvalue weighted by molar-refractivity contribution is -0.285. The van der Waals surface area contributed by atoms with Crippen LogP contribution in [0, 0.1) is 0 Å². The third-order valence-corrected chi connectivity index (χ3v) is 3.77. The standard InChI is InChI=1S/C10H20O2.C4H10O2/c1-7-8(2)12-10(5,6)9(3,4)11-7;1-3(5)4(2)6/h7-8H,1-6H3;3-6H,1-2H3/t7-,8+;3-,4?/m.0/s1. The highest BCUT2D eigenvalue weighted by molar-refractivity contribution is 4.94. The summed E-state index contributed by atoms with van der Waals surface area (Å²) in [6.45, 7) is 15.5. The second-order valence-electron chi connectivity index (χ2n) is 6.15. The van der Waals surface area contributed by atoms with E-state index >= 15 is 0 Å². The van der Waals surface area contributed by atoms with E-state index in [1.54, 1.807) is 13.8 Å². The molecule has 0 aromatic heterocycles. The number of aliphatic hydroxyl groups excluding tert-OH is 2.